The number of hydrogen-bond acceptors (Lipinski definition) is 1. The lowest BCUT2D eigenvalue weighted by molar-refractivity contribution is 0.0990. The second-order valence-corrected chi connectivity index (χ2v) is 4.98. The second-order valence-electron chi connectivity index (χ2n) is 4.06. The van der Waals surface area contributed by atoms with E-state index in [0.717, 1.165) is 21.3 Å². The summed E-state index contributed by atoms with van der Waals surface area (Å²) in [5.41, 5.74) is 2.93. The molecule has 0 amide bonds. The largest absolute Gasteiger partial charge is 0.320 e. The molecule has 0 unspecified atom stereocenters. The van der Waals surface area contributed by atoms with Crippen molar-refractivity contribution in [3.63, 3.8) is 0 Å². The first-order chi connectivity index (χ1) is 8.24. The third kappa shape index (κ3) is 1.87. The van der Waals surface area contributed by atoms with Gasteiger partial charge in [-0.05, 0) is 35.4 Å². The lowest BCUT2D eigenvalue weighted by atomic mass is 9.98. The maximum atomic E-state index is 11.9. The molecule has 1 aliphatic rings. The van der Waals surface area contributed by atoms with E-state index in [1.165, 1.54) is 0 Å². The van der Waals surface area contributed by atoms with E-state index in [9.17, 15) is 4.79 Å². The number of hydrogen-bond donors (Lipinski definition) is 0. The van der Waals surface area contributed by atoms with Crippen LogP contribution in [0.4, 0.5) is 0 Å². The molecule has 0 atom stereocenters. The van der Waals surface area contributed by atoms with E-state index < -0.39 is 0 Å². The summed E-state index contributed by atoms with van der Waals surface area (Å²) in [5, 5.41) is 0. The number of rotatable bonds is 1. The predicted octanol–water partition coefficient (Wildman–Crippen LogP) is 3.84. The molecule has 0 fully saturated rings. The van der Waals surface area contributed by atoms with Crippen molar-refractivity contribution in [2.45, 2.75) is 6.42 Å². The number of nitrogens with zero attached hydrogens (tertiary/aromatic N) is 1. The van der Waals surface area contributed by atoms with Gasteiger partial charge in [-0.3, -0.25) is 4.79 Å². The van der Waals surface area contributed by atoms with Crippen molar-refractivity contribution in [3.05, 3.63) is 58.3 Å². The summed E-state index contributed by atoms with van der Waals surface area (Å²) in [6.45, 7) is 0. The van der Waals surface area contributed by atoms with Gasteiger partial charge in [0.1, 0.15) is 0 Å². The predicted molar refractivity (Wildman–Crippen MR) is 71.7 cm³/mol. The fraction of sp³-hybridized carbons (Fsp3) is 0.0714. The van der Waals surface area contributed by atoms with E-state index in [4.69, 9.17) is 0 Å². The molecule has 0 saturated carbocycles. The number of carbonyl (C=O) groups is 1. The van der Waals surface area contributed by atoms with Gasteiger partial charge in [-0.1, -0.05) is 28.1 Å². The number of allylic oxidation sites excluding steroid dienone is 1. The van der Waals surface area contributed by atoms with Gasteiger partial charge in [0.25, 0.3) is 0 Å². The van der Waals surface area contributed by atoms with Crippen LogP contribution in [0.15, 0.2) is 47.1 Å². The van der Waals surface area contributed by atoms with Crippen LogP contribution in [-0.4, -0.2) is 10.4 Å². The molecule has 0 saturated heterocycles. The van der Waals surface area contributed by atoms with Crippen molar-refractivity contribution in [1.29, 1.82) is 0 Å². The molecule has 17 heavy (non-hydrogen) atoms. The Kier molecular flexibility index (Phi) is 2.48. The smallest absolute Gasteiger partial charge is 0.183 e. The molecule has 0 bridgehead atoms. The zero-order valence-corrected chi connectivity index (χ0v) is 10.6. The number of ketones is 1. The van der Waals surface area contributed by atoms with Gasteiger partial charge in [0, 0.05) is 23.3 Å². The van der Waals surface area contributed by atoms with Crippen molar-refractivity contribution in [3.8, 4) is 0 Å². The van der Waals surface area contributed by atoms with Crippen LogP contribution < -0.4 is 0 Å². The lowest BCUT2D eigenvalue weighted by Gasteiger charge is -2.15. The Labute approximate surface area is 108 Å². The molecule has 3 rings (SSSR count). The number of fused-ring (bicyclic) bond motifs is 1. The average molecular weight is 288 g/mol. The Morgan fingerprint density at radius 3 is 2.65 bits per heavy atom. The van der Waals surface area contributed by atoms with Crippen molar-refractivity contribution in [2.75, 3.05) is 0 Å². The molecular weight excluding hydrogens is 278 g/mol. The highest BCUT2D eigenvalue weighted by Crippen LogP contribution is 2.27. The van der Waals surface area contributed by atoms with Gasteiger partial charge in [0.2, 0.25) is 0 Å². The van der Waals surface area contributed by atoms with Crippen LogP contribution in [0.25, 0.3) is 11.8 Å². The maximum absolute atomic E-state index is 11.9. The van der Waals surface area contributed by atoms with Crippen molar-refractivity contribution >= 4 is 33.5 Å². The molecule has 1 aromatic heterocycles. The van der Waals surface area contributed by atoms with Gasteiger partial charge in [0.05, 0.1) is 5.69 Å². The standard InChI is InChI=1S/C14H10BrNO/c15-12-5-3-10(4-6-12)11-8-14(17)13-2-1-7-16(13)9-11/h1-7,9H,8H2. The van der Waals surface area contributed by atoms with Crippen LogP contribution in [0.3, 0.4) is 0 Å². The molecule has 1 aromatic carbocycles. The maximum Gasteiger partial charge on any atom is 0.183 e. The van der Waals surface area contributed by atoms with Crippen LogP contribution in [0.1, 0.15) is 22.5 Å². The summed E-state index contributed by atoms with van der Waals surface area (Å²) in [6, 6.07) is 11.8. The first-order valence-electron chi connectivity index (χ1n) is 5.41. The van der Waals surface area contributed by atoms with Gasteiger partial charge in [-0.15, -0.1) is 0 Å². The van der Waals surface area contributed by atoms with Crippen molar-refractivity contribution in [1.82, 2.24) is 4.57 Å². The number of aromatic nitrogens is 1. The third-order valence-electron chi connectivity index (χ3n) is 2.93. The summed E-state index contributed by atoms with van der Waals surface area (Å²) < 4.78 is 2.94. The Morgan fingerprint density at radius 2 is 1.88 bits per heavy atom. The Hall–Kier alpha value is -1.61. The van der Waals surface area contributed by atoms with E-state index in [1.54, 1.807) is 0 Å². The van der Waals surface area contributed by atoms with E-state index in [-0.39, 0.29) is 5.78 Å². The Morgan fingerprint density at radius 1 is 1.12 bits per heavy atom. The highest BCUT2D eigenvalue weighted by molar-refractivity contribution is 9.10. The number of Topliss-reactive ketones (excluding diaryl/α,β-unsaturated/α-hetero) is 1. The van der Waals surface area contributed by atoms with Crippen LogP contribution >= 0.6 is 15.9 Å². The fourth-order valence-corrected chi connectivity index (χ4v) is 2.32. The Balaban J connectivity index is 2.06. The van der Waals surface area contributed by atoms with Crippen molar-refractivity contribution in [2.24, 2.45) is 0 Å². The molecule has 0 radical (unpaired) electrons. The molecule has 0 aliphatic carbocycles. The zero-order valence-electron chi connectivity index (χ0n) is 9.06. The minimum atomic E-state index is 0.176. The molecular formula is C14H10BrNO. The Bertz CT molecular complexity index is 607. The van der Waals surface area contributed by atoms with Crippen LogP contribution in [0.2, 0.25) is 0 Å². The molecule has 2 nitrogen and oxygen atoms in total. The number of benzene rings is 1. The highest BCUT2D eigenvalue weighted by atomic mass is 79.9. The monoisotopic (exact) mass is 287 g/mol. The lowest BCUT2D eigenvalue weighted by Crippen LogP contribution is -2.11. The quantitative estimate of drug-likeness (QED) is 0.781. The second kappa shape index (κ2) is 4.00. The van der Waals surface area contributed by atoms with Gasteiger partial charge < -0.3 is 4.57 Å². The van der Waals surface area contributed by atoms with Gasteiger partial charge in [0.15, 0.2) is 5.78 Å². The molecule has 2 heterocycles. The summed E-state index contributed by atoms with van der Waals surface area (Å²) in [6.07, 6.45) is 4.41. The minimum Gasteiger partial charge on any atom is -0.320 e. The van der Waals surface area contributed by atoms with Gasteiger partial charge in [-0.2, -0.15) is 0 Å². The van der Waals surface area contributed by atoms with Crippen LogP contribution in [0, 0.1) is 0 Å². The molecule has 0 spiro atoms. The number of carbonyl (C=O) groups excluding carboxylic acids is 1. The van der Waals surface area contributed by atoms with E-state index in [2.05, 4.69) is 15.9 Å². The average Bonchev–Trinajstić information content (AvgIpc) is 2.78. The molecule has 0 N–H and O–H groups in total. The number of halogens is 1. The normalized spacial score (nSPS) is 14.4. The molecule has 3 heteroatoms. The highest BCUT2D eigenvalue weighted by Gasteiger charge is 2.18. The van der Waals surface area contributed by atoms with Crippen LogP contribution in [-0.2, 0) is 0 Å². The summed E-state index contributed by atoms with van der Waals surface area (Å²) in [5.74, 6) is 0.176. The topological polar surface area (TPSA) is 22.0 Å². The molecule has 1 aliphatic heterocycles. The van der Waals surface area contributed by atoms with E-state index >= 15 is 0 Å². The van der Waals surface area contributed by atoms with E-state index in [1.807, 2.05) is 53.4 Å². The van der Waals surface area contributed by atoms with Crippen LogP contribution in [0.5, 0.6) is 0 Å². The SMILES string of the molecule is O=C1CC(c2ccc(Br)cc2)=Cn2cccc21. The molecule has 2 aromatic rings. The van der Waals surface area contributed by atoms with Crippen molar-refractivity contribution < 1.29 is 4.79 Å². The first-order valence-corrected chi connectivity index (χ1v) is 6.20. The third-order valence-corrected chi connectivity index (χ3v) is 3.45. The van der Waals surface area contributed by atoms with E-state index in [0.29, 0.717) is 6.42 Å². The summed E-state index contributed by atoms with van der Waals surface area (Å²) in [4.78, 5) is 11.9. The first kappa shape index (κ1) is 10.5. The summed E-state index contributed by atoms with van der Waals surface area (Å²) >= 11 is 3.41. The summed E-state index contributed by atoms with van der Waals surface area (Å²) in [7, 11) is 0. The minimum absolute atomic E-state index is 0.176. The zero-order chi connectivity index (χ0) is 11.8. The fourth-order valence-electron chi connectivity index (χ4n) is 2.06. The van der Waals surface area contributed by atoms with Gasteiger partial charge >= 0.3 is 0 Å². The molecule has 84 valence electrons. The van der Waals surface area contributed by atoms with Gasteiger partial charge in [-0.25, -0.2) is 0 Å².